The molecule has 3 fully saturated rings. The summed E-state index contributed by atoms with van der Waals surface area (Å²) in [5.74, 6) is -0.0966. The Labute approximate surface area is 205 Å². The van der Waals surface area contributed by atoms with Crippen molar-refractivity contribution < 1.29 is 19.1 Å². The van der Waals surface area contributed by atoms with E-state index in [4.69, 9.17) is 16.3 Å². The highest BCUT2D eigenvalue weighted by Crippen LogP contribution is 2.43. The van der Waals surface area contributed by atoms with Crippen LogP contribution >= 0.6 is 11.6 Å². The number of anilines is 1. The number of hydrogen-bond donors (Lipinski definition) is 0. The van der Waals surface area contributed by atoms with Gasteiger partial charge in [-0.2, -0.15) is 5.26 Å². The summed E-state index contributed by atoms with van der Waals surface area (Å²) in [6.45, 7) is 0.182. The van der Waals surface area contributed by atoms with Crippen LogP contribution in [0.25, 0.3) is 10.9 Å². The number of hydrogen-bond acceptors (Lipinski definition) is 6. The number of carbonyl (C=O) groups is 3. The van der Waals surface area contributed by atoms with Crippen LogP contribution in [0.5, 0.6) is 5.75 Å². The van der Waals surface area contributed by atoms with E-state index in [1.54, 1.807) is 64.5 Å². The predicted molar refractivity (Wildman–Crippen MR) is 126 cm³/mol. The van der Waals surface area contributed by atoms with Gasteiger partial charge in [-0.3, -0.25) is 14.6 Å². The van der Waals surface area contributed by atoms with Crippen molar-refractivity contribution >= 4 is 46.0 Å². The molecule has 10 heteroatoms. The highest BCUT2D eigenvalue weighted by Gasteiger charge is 2.63. The zero-order valence-electron chi connectivity index (χ0n) is 18.3. The fraction of sp³-hybridized carbons (Fsp3) is 0.240. The molecule has 3 aliphatic heterocycles. The van der Waals surface area contributed by atoms with Gasteiger partial charge in [-0.25, -0.2) is 9.69 Å². The number of carbonyl (C=O) groups excluding carboxylic acids is 3. The molecular weight excluding hydrogens is 470 g/mol. The van der Waals surface area contributed by atoms with Crippen LogP contribution < -0.4 is 9.64 Å². The number of benzene rings is 2. The molecule has 0 radical (unpaired) electrons. The SMILES string of the molecule is N#Cc1ccc(N2C(=O)[C@@H]3C4C[C@H](CN4C(=O)COc4ccc(Cl)cc4)N3C2=O)c2cccnc12. The van der Waals surface area contributed by atoms with Crippen molar-refractivity contribution in [1.82, 2.24) is 14.8 Å². The molecule has 3 aromatic rings. The molecule has 4 heterocycles. The number of halogens is 1. The Morgan fingerprint density at radius 1 is 1.17 bits per heavy atom. The van der Waals surface area contributed by atoms with Crippen molar-refractivity contribution in [1.29, 1.82) is 5.26 Å². The molecule has 0 spiro atoms. The van der Waals surface area contributed by atoms with Gasteiger partial charge < -0.3 is 14.5 Å². The number of ether oxygens (including phenoxy) is 1. The number of amides is 4. The summed E-state index contributed by atoms with van der Waals surface area (Å²) in [5.41, 5.74) is 1.18. The van der Waals surface area contributed by atoms with Crippen molar-refractivity contribution in [2.24, 2.45) is 0 Å². The molecule has 0 saturated carbocycles. The number of pyridine rings is 1. The first-order valence-corrected chi connectivity index (χ1v) is 11.5. The monoisotopic (exact) mass is 487 g/mol. The minimum atomic E-state index is -0.747. The van der Waals surface area contributed by atoms with E-state index in [0.717, 1.165) is 4.90 Å². The van der Waals surface area contributed by atoms with Gasteiger partial charge >= 0.3 is 6.03 Å². The van der Waals surface area contributed by atoms with Gasteiger partial charge in [0.05, 0.1) is 28.9 Å². The summed E-state index contributed by atoms with van der Waals surface area (Å²) in [7, 11) is 0. The summed E-state index contributed by atoms with van der Waals surface area (Å²) in [6.07, 6.45) is 2.12. The second-order valence-electron chi connectivity index (χ2n) is 8.70. The maximum absolute atomic E-state index is 13.6. The molecule has 2 aromatic carbocycles. The van der Waals surface area contributed by atoms with Crippen LogP contribution in [0.1, 0.15) is 12.0 Å². The van der Waals surface area contributed by atoms with Crippen LogP contribution in [0.4, 0.5) is 10.5 Å². The van der Waals surface area contributed by atoms with Crippen molar-refractivity contribution in [3.63, 3.8) is 0 Å². The number of nitriles is 1. The van der Waals surface area contributed by atoms with Crippen LogP contribution in [-0.2, 0) is 9.59 Å². The van der Waals surface area contributed by atoms with Gasteiger partial charge in [-0.15, -0.1) is 0 Å². The number of aromatic nitrogens is 1. The zero-order valence-corrected chi connectivity index (χ0v) is 19.1. The van der Waals surface area contributed by atoms with Gasteiger partial charge in [0.2, 0.25) is 0 Å². The molecule has 0 aliphatic carbocycles. The van der Waals surface area contributed by atoms with Crippen molar-refractivity contribution in [3.05, 3.63) is 65.3 Å². The number of likely N-dealkylation sites (tertiary alicyclic amines) is 1. The number of imide groups is 1. The molecule has 3 saturated heterocycles. The maximum Gasteiger partial charge on any atom is 0.332 e. The molecule has 174 valence electrons. The molecular formula is C25H18ClN5O4. The first-order chi connectivity index (χ1) is 17.0. The molecule has 9 nitrogen and oxygen atoms in total. The lowest BCUT2D eigenvalue weighted by molar-refractivity contribution is -0.137. The molecule has 35 heavy (non-hydrogen) atoms. The summed E-state index contributed by atoms with van der Waals surface area (Å²) in [5, 5.41) is 10.5. The molecule has 3 aliphatic rings. The van der Waals surface area contributed by atoms with Crippen LogP contribution in [0.2, 0.25) is 5.02 Å². The Morgan fingerprint density at radius 2 is 1.97 bits per heavy atom. The Hall–Kier alpha value is -4.16. The smallest absolute Gasteiger partial charge is 0.332 e. The van der Waals surface area contributed by atoms with Gasteiger partial charge in [-0.05, 0) is 55.0 Å². The van der Waals surface area contributed by atoms with Gasteiger partial charge in [-0.1, -0.05) is 11.6 Å². The van der Waals surface area contributed by atoms with E-state index < -0.39 is 18.1 Å². The predicted octanol–water partition coefficient (Wildman–Crippen LogP) is 2.96. The average Bonchev–Trinajstić information content (AvgIpc) is 3.54. The van der Waals surface area contributed by atoms with E-state index in [0.29, 0.717) is 45.9 Å². The third-order valence-electron chi connectivity index (χ3n) is 6.87. The zero-order chi connectivity index (χ0) is 24.3. The van der Waals surface area contributed by atoms with E-state index in [2.05, 4.69) is 11.1 Å². The summed E-state index contributed by atoms with van der Waals surface area (Å²) >= 11 is 5.88. The first kappa shape index (κ1) is 21.4. The second kappa shape index (κ2) is 7.96. The average molecular weight is 488 g/mol. The maximum atomic E-state index is 13.6. The number of urea groups is 1. The second-order valence-corrected chi connectivity index (χ2v) is 9.13. The molecule has 0 N–H and O–H groups in total. The quantitative estimate of drug-likeness (QED) is 0.524. The van der Waals surface area contributed by atoms with E-state index in [-0.39, 0.29) is 24.5 Å². The lowest BCUT2D eigenvalue weighted by Gasteiger charge is -2.34. The van der Waals surface area contributed by atoms with Crippen molar-refractivity contribution in [2.75, 3.05) is 18.1 Å². The normalized spacial score (nSPS) is 22.6. The lowest BCUT2D eigenvalue weighted by atomic mass is 10.1. The molecule has 1 aromatic heterocycles. The third kappa shape index (κ3) is 3.21. The highest BCUT2D eigenvalue weighted by molar-refractivity contribution is 6.30. The number of fused-ring (bicyclic) bond motifs is 6. The Kier molecular flexibility index (Phi) is 4.86. The molecule has 1 unspecified atom stereocenters. The van der Waals surface area contributed by atoms with Gasteiger partial charge in [0.1, 0.15) is 17.9 Å². The lowest BCUT2D eigenvalue weighted by Crippen LogP contribution is -2.55. The molecule has 2 bridgehead atoms. The van der Waals surface area contributed by atoms with Crippen molar-refractivity contribution in [3.8, 4) is 11.8 Å². The fourth-order valence-electron chi connectivity index (χ4n) is 5.37. The Bertz CT molecular complexity index is 1440. The number of nitrogens with zero attached hydrogens (tertiary/aromatic N) is 5. The van der Waals surface area contributed by atoms with Crippen LogP contribution in [-0.4, -0.2) is 63.9 Å². The largest absolute Gasteiger partial charge is 0.484 e. The summed E-state index contributed by atoms with van der Waals surface area (Å²) < 4.78 is 5.60. The topological polar surface area (TPSA) is 107 Å². The van der Waals surface area contributed by atoms with E-state index in [1.165, 1.54) is 0 Å². The summed E-state index contributed by atoms with van der Waals surface area (Å²) in [4.78, 5) is 48.6. The van der Waals surface area contributed by atoms with Gasteiger partial charge in [0.15, 0.2) is 6.61 Å². The molecule has 6 rings (SSSR count). The number of piperazine rings is 1. The van der Waals surface area contributed by atoms with Gasteiger partial charge in [0, 0.05) is 23.2 Å². The van der Waals surface area contributed by atoms with E-state index in [9.17, 15) is 19.6 Å². The van der Waals surface area contributed by atoms with Gasteiger partial charge in [0.25, 0.3) is 11.8 Å². The van der Waals surface area contributed by atoms with E-state index >= 15 is 0 Å². The standard InChI is InChI=1S/C25H18ClN5O4/c26-15-4-6-17(7-5-15)35-13-21(32)29-12-16-10-20(29)23-24(33)31(25(34)30(16)23)19-8-3-14(11-27)22-18(19)2-1-9-28-22/h1-9,16,20,23H,10,12-13H2/t16-,20?,23+/m1/s1. The minimum Gasteiger partial charge on any atom is -0.484 e. The Balaban J connectivity index is 1.25. The fourth-order valence-corrected chi connectivity index (χ4v) is 5.49. The van der Waals surface area contributed by atoms with Crippen molar-refractivity contribution in [2.45, 2.75) is 24.5 Å². The first-order valence-electron chi connectivity index (χ1n) is 11.1. The minimum absolute atomic E-state index is 0.171. The van der Waals surface area contributed by atoms with Crippen LogP contribution in [0.3, 0.4) is 0 Å². The van der Waals surface area contributed by atoms with E-state index in [1.807, 2.05) is 0 Å². The molecule has 3 atom stereocenters. The third-order valence-corrected chi connectivity index (χ3v) is 7.12. The molecule has 4 amide bonds. The number of rotatable bonds is 4. The Morgan fingerprint density at radius 3 is 2.74 bits per heavy atom. The summed E-state index contributed by atoms with van der Waals surface area (Å²) in [6, 6.07) is 13.6. The van der Waals surface area contributed by atoms with Crippen LogP contribution in [0.15, 0.2) is 54.7 Å². The van der Waals surface area contributed by atoms with Crippen LogP contribution in [0, 0.1) is 11.3 Å². The highest BCUT2D eigenvalue weighted by atomic mass is 35.5.